The van der Waals surface area contributed by atoms with E-state index in [1.165, 1.54) is 37.9 Å². The number of hydrogen-bond donors (Lipinski definition) is 1. The zero-order valence-electron chi connectivity index (χ0n) is 13.2. The summed E-state index contributed by atoms with van der Waals surface area (Å²) in [6, 6.07) is 23.8. The Morgan fingerprint density at radius 2 is 1.43 bits per heavy atom. The molecule has 2 heteroatoms. The van der Waals surface area contributed by atoms with Gasteiger partial charge in [-0.2, -0.15) is 0 Å². The van der Waals surface area contributed by atoms with Gasteiger partial charge in [0.15, 0.2) is 0 Å². The quantitative estimate of drug-likeness (QED) is 0.498. The average molecular weight is 317 g/mol. The molecule has 1 nitrogen and oxygen atoms in total. The fourth-order valence-electron chi connectivity index (χ4n) is 3.08. The smallest absolute Gasteiger partial charge is 0.0559 e. The number of benzene rings is 3. The van der Waals surface area contributed by atoms with Crippen molar-refractivity contribution in [1.29, 1.82) is 0 Å². The summed E-state index contributed by atoms with van der Waals surface area (Å²) in [7, 11) is 0. The monoisotopic (exact) mass is 317 g/mol. The second-order valence-corrected chi connectivity index (χ2v) is 7.02. The molecule has 0 bridgehead atoms. The Balaban J connectivity index is 1.61. The molecular formula is C21H19NS. The van der Waals surface area contributed by atoms with Crippen molar-refractivity contribution in [2.45, 2.75) is 29.6 Å². The molecule has 0 radical (unpaired) electrons. The number of rotatable bonds is 3. The lowest BCUT2D eigenvalue weighted by molar-refractivity contribution is 0.945. The molecule has 0 atom stereocenters. The highest BCUT2D eigenvalue weighted by Crippen LogP contribution is 2.45. The molecule has 0 amide bonds. The molecule has 3 aromatic carbocycles. The van der Waals surface area contributed by atoms with Crippen molar-refractivity contribution in [3.63, 3.8) is 0 Å². The lowest BCUT2D eigenvalue weighted by atomic mass is 9.99. The van der Waals surface area contributed by atoms with Gasteiger partial charge in [-0.3, -0.25) is 0 Å². The highest BCUT2D eigenvalue weighted by Gasteiger charge is 2.17. The molecule has 0 spiro atoms. The topological polar surface area (TPSA) is 12.0 Å². The number of hydrogen-bond acceptors (Lipinski definition) is 2. The largest absolute Gasteiger partial charge is 0.353 e. The Labute approximate surface area is 141 Å². The predicted octanol–water partition coefficient (Wildman–Crippen LogP) is 5.99. The highest BCUT2D eigenvalue weighted by molar-refractivity contribution is 7.99. The van der Waals surface area contributed by atoms with E-state index in [1.807, 2.05) is 11.8 Å². The first-order valence-electron chi connectivity index (χ1n) is 8.01. The van der Waals surface area contributed by atoms with Gasteiger partial charge in [0, 0.05) is 9.79 Å². The summed E-state index contributed by atoms with van der Waals surface area (Å²) in [4.78, 5) is 2.63. The Kier molecular flexibility index (Phi) is 3.84. The first-order chi connectivity index (χ1) is 11.3. The van der Waals surface area contributed by atoms with Crippen molar-refractivity contribution < 1.29 is 0 Å². The van der Waals surface area contributed by atoms with Crippen LogP contribution in [-0.4, -0.2) is 0 Å². The first kappa shape index (κ1) is 14.4. The van der Waals surface area contributed by atoms with Gasteiger partial charge in [0.1, 0.15) is 0 Å². The van der Waals surface area contributed by atoms with Crippen LogP contribution in [0.3, 0.4) is 0 Å². The van der Waals surface area contributed by atoms with E-state index in [0.29, 0.717) is 0 Å². The van der Waals surface area contributed by atoms with Crippen molar-refractivity contribution in [2.75, 3.05) is 5.32 Å². The van der Waals surface area contributed by atoms with Crippen molar-refractivity contribution >= 4 is 23.1 Å². The molecule has 23 heavy (non-hydrogen) atoms. The fraction of sp³-hybridized carbons (Fsp3) is 0.143. The van der Waals surface area contributed by atoms with Gasteiger partial charge >= 0.3 is 0 Å². The van der Waals surface area contributed by atoms with E-state index in [1.54, 1.807) is 0 Å². The second-order valence-electron chi connectivity index (χ2n) is 5.94. The number of para-hydroxylation sites is 2. The van der Waals surface area contributed by atoms with Crippen LogP contribution in [0.2, 0.25) is 0 Å². The molecule has 114 valence electrons. The Morgan fingerprint density at radius 3 is 2.35 bits per heavy atom. The second kappa shape index (κ2) is 6.13. The third-order valence-electron chi connectivity index (χ3n) is 4.40. The summed E-state index contributed by atoms with van der Waals surface area (Å²) in [5, 5.41) is 3.64. The van der Waals surface area contributed by atoms with E-state index >= 15 is 0 Å². The van der Waals surface area contributed by atoms with Crippen LogP contribution in [0, 0.1) is 6.92 Å². The Hall–Kier alpha value is -2.19. The van der Waals surface area contributed by atoms with Gasteiger partial charge in [-0.15, -0.1) is 0 Å². The lowest BCUT2D eigenvalue weighted by Crippen LogP contribution is -2.04. The Bertz CT molecular complexity index is 854. The maximum absolute atomic E-state index is 3.64. The van der Waals surface area contributed by atoms with Crippen LogP contribution < -0.4 is 5.32 Å². The van der Waals surface area contributed by atoms with Gasteiger partial charge in [0.25, 0.3) is 0 Å². The maximum atomic E-state index is 3.64. The predicted molar refractivity (Wildman–Crippen MR) is 98.9 cm³/mol. The summed E-state index contributed by atoms with van der Waals surface area (Å²) in [6.07, 6.45) is 2.14. The zero-order valence-corrected chi connectivity index (χ0v) is 14.0. The van der Waals surface area contributed by atoms with Gasteiger partial charge in [0.05, 0.1) is 11.4 Å². The van der Waals surface area contributed by atoms with Crippen molar-refractivity contribution in [2.24, 2.45) is 0 Å². The minimum absolute atomic E-state index is 1.06. The van der Waals surface area contributed by atoms with Crippen LogP contribution in [0.5, 0.6) is 0 Å². The summed E-state index contributed by atoms with van der Waals surface area (Å²) in [5.74, 6) is 0. The van der Waals surface area contributed by atoms with E-state index in [4.69, 9.17) is 0 Å². The molecular weight excluding hydrogens is 298 g/mol. The molecule has 0 saturated heterocycles. The van der Waals surface area contributed by atoms with Crippen molar-refractivity contribution in [3.05, 3.63) is 83.4 Å². The summed E-state index contributed by atoms with van der Waals surface area (Å²) < 4.78 is 0. The van der Waals surface area contributed by atoms with Gasteiger partial charge in [0.2, 0.25) is 0 Å². The van der Waals surface area contributed by atoms with Crippen LogP contribution in [0.15, 0.2) is 76.5 Å². The molecule has 4 rings (SSSR count). The molecule has 0 unspecified atom stereocenters. The van der Waals surface area contributed by atoms with E-state index in [0.717, 1.165) is 12.8 Å². The van der Waals surface area contributed by atoms with Gasteiger partial charge in [-0.05, 0) is 54.7 Å². The fourth-order valence-corrected chi connectivity index (χ4v) is 4.13. The minimum atomic E-state index is 1.06. The zero-order chi connectivity index (χ0) is 15.6. The van der Waals surface area contributed by atoms with E-state index < -0.39 is 0 Å². The number of nitrogens with one attached hydrogen (secondary N) is 1. The standard InChI is InChI=1S/C21H19NS/c1-15-7-2-3-8-16(15)13-14-17-9-6-12-20-21(17)22-18-10-4-5-11-19(18)23-20/h2-12,22H,13-14H2,1H3. The molecule has 0 aromatic heterocycles. The lowest BCUT2D eigenvalue weighted by Gasteiger charge is -2.23. The normalized spacial score (nSPS) is 12.2. The maximum Gasteiger partial charge on any atom is 0.0559 e. The third-order valence-corrected chi connectivity index (χ3v) is 5.54. The molecule has 3 aromatic rings. The number of anilines is 2. The van der Waals surface area contributed by atoms with Gasteiger partial charge in [-0.1, -0.05) is 60.3 Å². The minimum Gasteiger partial charge on any atom is -0.353 e. The molecule has 1 N–H and O–H groups in total. The van der Waals surface area contributed by atoms with Crippen LogP contribution in [0.1, 0.15) is 16.7 Å². The van der Waals surface area contributed by atoms with Crippen LogP contribution in [0.25, 0.3) is 0 Å². The molecule has 0 fully saturated rings. The summed E-state index contributed by atoms with van der Waals surface area (Å²) >= 11 is 1.86. The molecule has 0 aliphatic carbocycles. The summed E-state index contributed by atoms with van der Waals surface area (Å²) in [5.41, 5.74) is 6.71. The Morgan fingerprint density at radius 1 is 0.739 bits per heavy atom. The number of aryl methyl sites for hydroxylation is 3. The van der Waals surface area contributed by atoms with Crippen molar-refractivity contribution in [1.82, 2.24) is 0 Å². The first-order valence-corrected chi connectivity index (χ1v) is 8.83. The molecule has 1 heterocycles. The van der Waals surface area contributed by atoms with Gasteiger partial charge < -0.3 is 5.32 Å². The summed E-state index contributed by atoms with van der Waals surface area (Å²) in [6.45, 7) is 2.19. The SMILES string of the molecule is Cc1ccccc1CCc1cccc2c1Nc1ccccc1S2. The van der Waals surface area contributed by atoms with E-state index in [2.05, 4.69) is 79.0 Å². The van der Waals surface area contributed by atoms with E-state index in [9.17, 15) is 0 Å². The van der Waals surface area contributed by atoms with Gasteiger partial charge in [-0.25, -0.2) is 0 Å². The van der Waals surface area contributed by atoms with Crippen LogP contribution in [-0.2, 0) is 12.8 Å². The molecule has 1 aliphatic rings. The third kappa shape index (κ3) is 2.87. The van der Waals surface area contributed by atoms with Crippen LogP contribution >= 0.6 is 11.8 Å². The molecule has 0 saturated carbocycles. The number of fused-ring (bicyclic) bond motifs is 2. The van der Waals surface area contributed by atoms with E-state index in [-0.39, 0.29) is 0 Å². The van der Waals surface area contributed by atoms with Crippen LogP contribution in [0.4, 0.5) is 11.4 Å². The average Bonchev–Trinajstić information content (AvgIpc) is 2.59. The highest BCUT2D eigenvalue weighted by atomic mass is 32.2. The van der Waals surface area contributed by atoms with Crippen molar-refractivity contribution in [3.8, 4) is 0 Å². The molecule has 1 aliphatic heterocycles.